The molecular formula is C20H13BrN4O4. The van der Waals surface area contributed by atoms with Gasteiger partial charge in [0.25, 0.3) is 5.91 Å². The first-order valence-electron chi connectivity index (χ1n) is 8.48. The molecule has 29 heavy (non-hydrogen) atoms. The van der Waals surface area contributed by atoms with Gasteiger partial charge in [0.1, 0.15) is 5.75 Å². The lowest BCUT2D eigenvalue weighted by atomic mass is 10.2. The van der Waals surface area contributed by atoms with Crippen LogP contribution in [0.2, 0.25) is 0 Å². The molecule has 0 atom stereocenters. The highest BCUT2D eigenvalue weighted by Gasteiger charge is 2.24. The quantitative estimate of drug-likeness (QED) is 0.337. The first-order chi connectivity index (χ1) is 14.0. The third kappa shape index (κ3) is 3.81. The number of amides is 1. The van der Waals surface area contributed by atoms with Gasteiger partial charge in [0.2, 0.25) is 5.65 Å². The highest BCUT2D eigenvalue weighted by atomic mass is 79.9. The van der Waals surface area contributed by atoms with E-state index in [2.05, 4.69) is 26.2 Å². The highest BCUT2D eigenvalue weighted by molar-refractivity contribution is 9.10. The van der Waals surface area contributed by atoms with Crippen LogP contribution in [-0.2, 0) is 0 Å². The van der Waals surface area contributed by atoms with Gasteiger partial charge in [0, 0.05) is 16.2 Å². The number of fused-ring (bicyclic) bond motifs is 1. The van der Waals surface area contributed by atoms with Crippen molar-refractivity contribution in [1.82, 2.24) is 9.38 Å². The Morgan fingerprint density at radius 1 is 1.07 bits per heavy atom. The van der Waals surface area contributed by atoms with E-state index in [1.807, 2.05) is 6.07 Å². The van der Waals surface area contributed by atoms with Gasteiger partial charge < -0.3 is 20.2 Å². The van der Waals surface area contributed by atoms with Gasteiger partial charge in [0.15, 0.2) is 0 Å². The average molecular weight is 453 g/mol. The van der Waals surface area contributed by atoms with Crippen molar-refractivity contribution in [1.29, 1.82) is 0 Å². The Labute approximate surface area is 173 Å². The van der Waals surface area contributed by atoms with Crippen LogP contribution in [0.3, 0.4) is 0 Å². The van der Waals surface area contributed by atoms with Gasteiger partial charge in [-0.25, -0.2) is 0 Å². The van der Waals surface area contributed by atoms with Crippen molar-refractivity contribution in [3.8, 4) is 11.6 Å². The van der Waals surface area contributed by atoms with Crippen LogP contribution in [0.1, 0.15) is 10.4 Å². The average Bonchev–Trinajstić information content (AvgIpc) is 3.07. The van der Waals surface area contributed by atoms with E-state index in [4.69, 9.17) is 4.74 Å². The Balaban J connectivity index is 1.54. The number of anilines is 1. The Morgan fingerprint density at radius 2 is 1.79 bits per heavy atom. The first kappa shape index (κ1) is 18.6. The molecule has 4 aromatic rings. The maximum atomic E-state index is 12.4. The molecule has 9 heteroatoms. The summed E-state index contributed by atoms with van der Waals surface area (Å²) in [5.74, 6) is -0.268. The number of halogens is 1. The fourth-order valence-electron chi connectivity index (χ4n) is 2.76. The van der Waals surface area contributed by atoms with Crippen molar-refractivity contribution < 1.29 is 14.5 Å². The summed E-state index contributed by atoms with van der Waals surface area (Å²) in [4.78, 5) is 27.4. The first-order valence-corrected chi connectivity index (χ1v) is 9.27. The zero-order valence-electron chi connectivity index (χ0n) is 14.8. The summed E-state index contributed by atoms with van der Waals surface area (Å²) in [6.07, 6.45) is 1.55. The summed E-state index contributed by atoms with van der Waals surface area (Å²) >= 11 is 3.35. The molecule has 0 spiro atoms. The number of carbonyl (C=O) groups excluding carboxylic acids is 1. The summed E-state index contributed by atoms with van der Waals surface area (Å²) in [6.45, 7) is 0. The smallest absolute Gasteiger partial charge is 0.392 e. The number of nitrogens with zero attached hydrogens (tertiary/aromatic N) is 3. The summed E-state index contributed by atoms with van der Waals surface area (Å²) < 4.78 is 7.67. The fraction of sp³-hybridized carbons (Fsp3) is 0. The molecule has 0 radical (unpaired) electrons. The fourth-order valence-corrected chi connectivity index (χ4v) is 3.22. The number of carbonyl (C=O) groups is 1. The van der Waals surface area contributed by atoms with Crippen LogP contribution in [0, 0.1) is 10.1 Å². The van der Waals surface area contributed by atoms with Crippen LogP contribution in [0.25, 0.3) is 5.65 Å². The summed E-state index contributed by atoms with van der Waals surface area (Å²) in [7, 11) is 0. The number of hydrogen-bond acceptors (Lipinski definition) is 5. The number of aromatic nitrogens is 2. The van der Waals surface area contributed by atoms with E-state index in [0.29, 0.717) is 27.1 Å². The van der Waals surface area contributed by atoms with Crippen LogP contribution < -0.4 is 10.1 Å². The number of nitrogens with one attached hydrogen (secondary N) is 1. The molecule has 0 fully saturated rings. The Kier molecular flexibility index (Phi) is 4.96. The number of ether oxygens (including phenoxy) is 1. The maximum absolute atomic E-state index is 12.4. The molecule has 2 aromatic carbocycles. The number of hydrogen-bond donors (Lipinski definition) is 1. The summed E-state index contributed by atoms with van der Waals surface area (Å²) in [5.41, 5.74) is 1.47. The minimum absolute atomic E-state index is 0.105. The molecule has 2 heterocycles. The van der Waals surface area contributed by atoms with Crippen molar-refractivity contribution in [3.05, 3.63) is 93.1 Å². The van der Waals surface area contributed by atoms with Crippen LogP contribution in [-0.4, -0.2) is 20.2 Å². The molecule has 8 nitrogen and oxygen atoms in total. The van der Waals surface area contributed by atoms with Crippen LogP contribution in [0.4, 0.5) is 11.5 Å². The molecule has 0 unspecified atom stereocenters. The molecule has 0 aliphatic carbocycles. The molecule has 2 aromatic heterocycles. The Bertz CT molecular complexity index is 1220. The lowest BCUT2D eigenvalue weighted by Crippen LogP contribution is -2.12. The minimum atomic E-state index is -0.540. The second-order valence-corrected chi connectivity index (χ2v) is 6.84. The van der Waals surface area contributed by atoms with E-state index in [9.17, 15) is 14.9 Å². The third-order valence-electron chi connectivity index (χ3n) is 4.09. The number of benzene rings is 2. The molecule has 4 rings (SSSR count). The Hall–Kier alpha value is -3.72. The van der Waals surface area contributed by atoms with E-state index in [0.717, 1.165) is 0 Å². The van der Waals surface area contributed by atoms with Crippen molar-refractivity contribution in [2.75, 3.05) is 5.32 Å². The van der Waals surface area contributed by atoms with Gasteiger partial charge in [-0.3, -0.25) is 4.79 Å². The van der Waals surface area contributed by atoms with Gasteiger partial charge in [-0.05, 0) is 63.3 Å². The van der Waals surface area contributed by atoms with E-state index >= 15 is 0 Å². The molecule has 0 aliphatic rings. The predicted octanol–water partition coefficient (Wildman–Crippen LogP) is 5.05. The molecule has 0 aliphatic heterocycles. The van der Waals surface area contributed by atoms with Crippen molar-refractivity contribution >= 4 is 39.0 Å². The topological polar surface area (TPSA) is 98.8 Å². The van der Waals surface area contributed by atoms with E-state index in [-0.39, 0.29) is 17.6 Å². The van der Waals surface area contributed by atoms with Crippen molar-refractivity contribution in [2.45, 2.75) is 0 Å². The van der Waals surface area contributed by atoms with Gasteiger partial charge in [-0.15, -0.1) is 0 Å². The van der Waals surface area contributed by atoms with Gasteiger partial charge in [-0.1, -0.05) is 18.2 Å². The largest absolute Gasteiger partial charge is 0.433 e. The van der Waals surface area contributed by atoms with Gasteiger partial charge >= 0.3 is 11.7 Å². The van der Waals surface area contributed by atoms with Gasteiger partial charge in [-0.2, -0.15) is 9.38 Å². The van der Waals surface area contributed by atoms with Crippen molar-refractivity contribution in [3.63, 3.8) is 0 Å². The number of pyridine rings is 1. The normalized spacial score (nSPS) is 10.7. The van der Waals surface area contributed by atoms with Crippen LogP contribution in [0.5, 0.6) is 11.6 Å². The molecule has 0 saturated heterocycles. The number of nitro groups is 1. The summed E-state index contributed by atoms with van der Waals surface area (Å²) in [6, 6.07) is 18.6. The van der Waals surface area contributed by atoms with Crippen LogP contribution >= 0.6 is 15.9 Å². The second kappa shape index (κ2) is 7.72. The molecule has 0 saturated carbocycles. The Morgan fingerprint density at radius 3 is 2.52 bits per heavy atom. The SMILES string of the molecule is O=C(Nc1ccc(Oc2nc3ccccn3c2[N+](=O)[O-])cc1)c1ccccc1Br. The predicted molar refractivity (Wildman–Crippen MR) is 110 cm³/mol. The third-order valence-corrected chi connectivity index (χ3v) is 4.78. The zero-order valence-corrected chi connectivity index (χ0v) is 16.4. The molecular weight excluding hydrogens is 440 g/mol. The standard InChI is InChI=1S/C20H13BrN4O4/c21-16-6-2-1-5-15(16)18(26)22-13-8-10-14(11-9-13)29-19-20(25(27)28)24-12-4-3-7-17(24)23-19/h1-12H,(H,22,26). The lowest BCUT2D eigenvalue weighted by Gasteiger charge is -2.08. The molecule has 144 valence electrons. The number of rotatable bonds is 5. The molecule has 1 amide bonds. The van der Waals surface area contributed by atoms with E-state index < -0.39 is 4.92 Å². The minimum Gasteiger partial charge on any atom is -0.433 e. The van der Waals surface area contributed by atoms with E-state index in [1.165, 1.54) is 4.40 Å². The number of imidazole rings is 1. The second-order valence-electron chi connectivity index (χ2n) is 5.99. The molecule has 0 bridgehead atoms. The lowest BCUT2D eigenvalue weighted by molar-refractivity contribution is -0.391. The monoisotopic (exact) mass is 452 g/mol. The van der Waals surface area contributed by atoms with Crippen LogP contribution in [0.15, 0.2) is 77.4 Å². The highest BCUT2D eigenvalue weighted by Crippen LogP contribution is 2.32. The van der Waals surface area contributed by atoms with Crippen molar-refractivity contribution in [2.24, 2.45) is 0 Å². The summed E-state index contributed by atoms with van der Waals surface area (Å²) in [5, 5.41) is 14.2. The van der Waals surface area contributed by atoms with E-state index in [1.54, 1.807) is 66.9 Å². The maximum Gasteiger partial charge on any atom is 0.392 e. The molecule has 1 N–H and O–H groups in total. The zero-order chi connectivity index (χ0) is 20.4. The van der Waals surface area contributed by atoms with Gasteiger partial charge in [0.05, 0.1) is 11.8 Å².